The summed E-state index contributed by atoms with van der Waals surface area (Å²) < 4.78 is 5.11. The summed E-state index contributed by atoms with van der Waals surface area (Å²) >= 11 is 0. The Bertz CT molecular complexity index is 292. The molecule has 1 rings (SSSR count). The maximum atomic E-state index is 10.8. The Hall–Kier alpha value is -1.64. The number of para-hydroxylation sites is 1. The molecule has 1 aromatic carbocycles. The lowest BCUT2D eigenvalue weighted by Gasteiger charge is -2.09. The fourth-order valence-corrected chi connectivity index (χ4v) is 0.852. The molecule has 1 atom stereocenters. The zero-order chi connectivity index (χ0) is 9.68. The third kappa shape index (κ3) is 2.71. The van der Waals surface area contributed by atoms with Crippen molar-refractivity contribution in [3.05, 3.63) is 30.3 Å². The predicted molar refractivity (Wildman–Crippen MR) is 47.6 cm³/mol. The molecule has 0 radical (unpaired) electrons. The lowest BCUT2D eigenvalue weighted by Crippen LogP contribution is -2.26. The summed E-state index contributed by atoms with van der Waals surface area (Å²) in [5.74, 6) is 0.230. The normalized spacial score (nSPS) is 11.8. The van der Waals surface area contributed by atoms with Crippen LogP contribution in [-0.2, 0) is 9.59 Å². The van der Waals surface area contributed by atoms with Gasteiger partial charge in [-0.3, -0.25) is 9.59 Å². The average molecular weight is 178 g/mol. The van der Waals surface area contributed by atoms with Gasteiger partial charge in [0.1, 0.15) is 5.75 Å². The Labute approximate surface area is 76.3 Å². The third-order valence-electron chi connectivity index (χ3n) is 1.53. The number of ether oxygens (including phenoxy) is 1. The van der Waals surface area contributed by atoms with E-state index in [2.05, 4.69) is 0 Å². The summed E-state index contributed by atoms with van der Waals surface area (Å²) in [6, 6.07) is 8.77. The van der Waals surface area contributed by atoms with Crippen LogP contribution in [0, 0.1) is 0 Å². The summed E-state index contributed by atoms with van der Waals surface area (Å²) in [4.78, 5) is 21.2. The number of hydrogen-bond acceptors (Lipinski definition) is 3. The molecule has 0 amide bonds. The Morgan fingerprint density at radius 3 is 2.46 bits per heavy atom. The summed E-state index contributed by atoms with van der Waals surface area (Å²) in [5.41, 5.74) is 0. The Morgan fingerprint density at radius 1 is 1.38 bits per heavy atom. The van der Waals surface area contributed by atoms with Crippen molar-refractivity contribution < 1.29 is 14.3 Å². The second kappa shape index (κ2) is 4.40. The Kier molecular flexibility index (Phi) is 3.20. The third-order valence-corrected chi connectivity index (χ3v) is 1.53. The molecule has 0 spiro atoms. The summed E-state index contributed by atoms with van der Waals surface area (Å²) in [6.45, 7) is 1.32. The highest BCUT2D eigenvalue weighted by molar-refractivity contribution is 5.94. The molecule has 0 N–H and O–H groups in total. The van der Waals surface area contributed by atoms with Crippen molar-refractivity contribution in [3.8, 4) is 5.75 Å². The molecule has 1 aromatic rings. The van der Waals surface area contributed by atoms with E-state index >= 15 is 0 Å². The van der Waals surface area contributed by atoms with Crippen LogP contribution in [0.25, 0.3) is 0 Å². The molecule has 0 aliphatic carbocycles. The highest BCUT2D eigenvalue weighted by Gasteiger charge is 2.13. The maximum Gasteiger partial charge on any atom is 0.211 e. The minimum atomic E-state index is -0.984. The van der Waals surface area contributed by atoms with Gasteiger partial charge in [-0.05, 0) is 19.1 Å². The summed E-state index contributed by atoms with van der Waals surface area (Å²) in [6.07, 6.45) is -0.489. The molecule has 0 saturated heterocycles. The van der Waals surface area contributed by atoms with Crippen LogP contribution in [0.1, 0.15) is 6.92 Å². The van der Waals surface area contributed by atoms with E-state index in [-0.39, 0.29) is 5.78 Å². The largest absolute Gasteiger partial charge is 0.475 e. The minimum Gasteiger partial charge on any atom is -0.475 e. The highest BCUT2D eigenvalue weighted by Crippen LogP contribution is 2.10. The summed E-state index contributed by atoms with van der Waals surface area (Å²) in [7, 11) is 0. The quantitative estimate of drug-likeness (QED) is 0.514. The van der Waals surface area contributed by atoms with Crippen molar-refractivity contribution in [2.45, 2.75) is 13.0 Å². The van der Waals surface area contributed by atoms with Gasteiger partial charge in [0.25, 0.3) is 0 Å². The van der Waals surface area contributed by atoms with E-state index in [0.717, 1.165) is 0 Å². The Morgan fingerprint density at radius 2 is 2.00 bits per heavy atom. The average Bonchev–Trinajstić information content (AvgIpc) is 2.15. The van der Waals surface area contributed by atoms with Crippen LogP contribution in [-0.4, -0.2) is 18.2 Å². The van der Waals surface area contributed by atoms with Crippen molar-refractivity contribution in [1.82, 2.24) is 0 Å². The fraction of sp³-hybridized carbons (Fsp3) is 0.200. The van der Waals surface area contributed by atoms with E-state index in [1.54, 1.807) is 24.3 Å². The molecular weight excluding hydrogens is 168 g/mol. The number of carbonyl (C=O) groups is 2. The molecule has 1 unspecified atom stereocenters. The van der Waals surface area contributed by atoms with E-state index in [1.807, 2.05) is 6.07 Å². The van der Waals surface area contributed by atoms with Crippen molar-refractivity contribution in [2.24, 2.45) is 0 Å². The molecule has 68 valence electrons. The maximum absolute atomic E-state index is 10.8. The molecular formula is C10H10O3. The highest BCUT2D eigenvalue weighted by atomic mass is 16.5. The summed E-state index contributed by atoms with van der Waals surface area (Å²) in [5, 5.41) is 0. The van der Waals surface area contributed by atoms with E-state index in [0.29, 0.717) is 12.0 Å². The predicted octanol–water partition coefficient (Wildman–Crippen LogP) is 1.22. The standard InChI is InChI=1S/C10H10O3/c1-8(12)10(7-11)13-9-5-3-2-4-6-9/h2-7,10H,1H3. The zero-order valence-corrected chi connectivity index (χ0v) is 7.27. The first-order chi connectivity index (χ1) is 6.24. The number of aldehydes is 1. The van der Waals surface area contributed by atoms with E-state index < -0.39 is 6.10 Å². The second-order valence-electron chi connectivity index (χ2n) is 2.60. The molecule has 0 bridgehead atoms. The number of carbonyl (C=O) groups excluding carboxylic acids is 2. The number of hydrogen-bond donors (Lipinski definition) is 0. The lowest BCUT2D eigenvalue weighted by atomic mass is 10.3. The second-order valence-corrected chi connectivity index (χ2v) is 2.60. The Balaban J connectivity index is 2.67. The van der Waals surface area contributed by atoms with Gasteiger partial charge in [0.15, 0.2) is 12.1 Å². The molecule has 3 nitrogen and oxygen atoms in total. The van der Waals surface area contributed by atoms with E-state index in [1.165, 1.54) is 6.92 Å². The molecule has 13 heavy (non-hydrogen) atoms. The molecule has 0 aliphatic rings. The number of rotatable bonds is 4. The van der Waals surface area contributed by atoms with Gasteiger partial charge in [0.05, 0.1) is 0 Å². The van der Waals surface area contributed by atoms with Crippen LogP contribution in [0.5, 0.6) is 5.75 Å². The number of ketones is 1. The van der Waals surface area contributed by atoms with Crippen molar-refractivity contribution in [3.63, 3.8) is 0 Å². The van der Waals surface area contributed by atoms with Gasteiger partial charge in [0, 0.05) is 0 Å². The molecule has 0 aliphatic heterocycles. The van der Waals surface area contributed by atoms with Gasteiger partial charge < -0.3 is 4.74 Å². The van der Waals surface area contributed by atoms with Crippen LogP contribution >= 0.6 is 0 Å². The van der Waals surface area contributed by atoms with Gasteiger partial charge in [-0.1, -0.05) is 18.2 Å². The molecule has 0 aromatic heterocycles. The topological polar surface area (TPSA) is 43.4 Å². The van der Waals surface area contributed by atoms with Gasteiger partial charge in [-0.25, -0.2) is 0 Å². The zero-order valence-electron chi connectivity index (χ0n) is 7.27. The first-order valence-corrected chi connectivity index (χ1v) is 3.91. The fourth-order valence-electron chi connectivity index (χ4n) is 0.852. The van der Waals surface area contributed by atoms with Crippen molar-refractivity contribution in [1.29, 1.82) is 0 Å². The van der Waals surface area contributed by atoms with Gasteiger partial charge in [-0.15, -0.1) is 0 Å². The minimum absolute atomic E-state index is 0.293. The van der Waals surface area contributed by atoms with Crippen molar-refractivity contribution in [2.75, 3.05) is 0 Å². The van der Waals surface area contributed by atoms with Gasteiger partial charge in [0.2, 0.25) is 6.10 Å². The molecule has 3 heteroatoms. The van der Waals surface area contributed by atoms with E-state index in [4.69, 9.17) is 4.74 Å². The smallest absolute Gasteiger partial charge is 0.211 e. The van der Waals surface area contributed by atoms with Crippen LogP contribution < -0.4 is 4.74 Å². The van der Waals surface area contributed by atoms with Crippen LogP contribution in [0.2, 0.25) is 0 Å². The monoisotopic (exact) mass is 178 g/mol. The molecule has 0 heterocycles. The van der Waals surface area contributed by atoms with E-state index in [9.17, 15) is 9.59 Å². The molecule has 0 fully saturated rings. The SMILES string of the molecule is CC(=O)C(C=O)Oc1ccccc1. The van der Waals surface area contributed by atoms with Crippen LogP contribution in [0.4, 0.5) is 0 Å². The number of Topliss-reactive ketones (excluding diaryl/α,β-unsaturated/α-hetero) is 1. The van der Waals surface area contributed by atoms with Crippen LogP contribution in [0.15, 0.2) is 30.3 Å². The van der Waals surface area contributed by atoms with Gasteiger partial charge >= 0.3 is 0 Å². The molecule has 0 saturated carbocycles. The van der Waals surface area contributed by atoms with Crippen molar-refractivity contribution >= 4 is 12.1 Å². The number of benzene rings is 1. The first kappa shape index (κ1) is 9.45. The van der Waals surface area contributed by atoms with Crippen LogP contribution in [0.3, 0.4) is 0 Å². The first-order valence-electron chi connectivity index (χ1n) is 3.91. The lowest BCUT2D eigenvalue weighted by molar-refractivity contribution is -0.129. The van der Waals surface area contributed by atoms with Gasteiger partial charge in [-0.2, -0.15) is 0 Å².